The van der Waals surface area contributed by atoms with E-state index in [9.17, 15) is 26.3 Å². The molecule has 0 aliphatic rings. The van der Waals surface area contributed by atoms with Crippen LogP contribution in [0, 0.1) is 51.4 Å². The van der Waals surface area contributed by atoms with Crippen LogP contribution in [0.15, 0.2) is 40.0 Å². The topological polar surface area (TPSA) is 92.6 Å². The largest absolute Gasteiger partial charge is 0.450 e. The third-order valence-electron chi connectivity index (χ3n) is 3.40. The maximum atomic E-state index is 14.3. The number of rotatable bonds is 4. The zero-order valence-electron chi connectivity index (χ0n) is 14.2. The molecule has 0 spiro atoms. The zero-order valence-corrected chi connectivity index (χ0v) is 15.8. The maximum absolute atomic E-state index is 14.3. The van der Waals surface area contributed by atoms with Crippen molar-refractivity contribution in [1.29, 1.82) is 15.8 Å². The lowest BCUT2D eigenvalue weighted by molar-refractivity contribution is -0.138. The highest BCUT2D eigenvalue weighted by molar-refractivity contribution is 9.10. The summed E-state index contributed by atoms with van der Waals surface area (Å²) in [4.78, 5) is 0. The highest BCUT2D eigenvalue weighted by atomic mass is 79.9. The Labute approximate surface area is 173 Å². The second-order valence-corrected chi connectivity index (χ2v) is 6.20. The van der Waals surface area contributed by atoms with Gasteiger partial charge in [-0.05, 0) is 34.1 Å². The van der Waals surface area contributed by atoms with E-state index < -0.39 is 57.6 Å². The molecule has 0 saturated heterocycles. The van der Waals surface area contributed by atoms with Crippen LogP contribution in [0.4, 0.5) is 32.0 Å². The fourth-order valence-corrected chi connectivity index (χ4v) is 2.48. The smallest absolute Gasteiger partial charge is 0.416 e. The third-order valence-corrected chi connectivity index (χ3v) is 4.02. The van der Waals surface area contributed by atoms with E-state index in [-0.39, 0.29) is 16.6 Å². The number of nitrogens with zero attached hydrogens (tertiary/aromatic N) is 3. The van der Waals surface area contributed by atoms with Gasteiger partial charge in [0.25, 0.3) is 0 Å². The van der Waals surface area contributed by atoms with E-state index in [0.29, 0.717) is 6.07 Å². The fourth-order valence-electron chi connectivity index (χ4n) is 2.05. The van der Waals surface area contributed by atoms with Crippen LogP contribution in [0.1, 0.15) is 5.56 Å². The number of ether oxygens (including phenoxy) is 1. The molecule has 0 heterocycles. The molecule has 5 nitrogen and oxygen atoms in total. The summed E-state index contributed by atoms with van der Waals surface area (Å²) < 4.78 is 84.8. The lowest BCUT2D eigenvalue weighted by Crippen LogP contribution is -2.07. The van der Waals surface area contributed by atoms with Gasteiger partial charge in [0.2, 0.25) is 0 Å². The number of nitriles is 3. The predicted molar refractivity (Wildman–Crippen MR) is 93.0 cm³/mol. The summed E-state index contributed by atoms with van der Waals surface area (Å²) in [6.07, 6.45) is -4.99. The summed E-state index contributed by atoms with van der Waals surface area (Å²) in [5, 5.41) is 28.7. The molecular formula is C18H5BrF6N4O. The molecule has 0 radical (unpaired) electrons. The van der Waals surface area contributed by atoms with Gasteiger partial charge in [0.15, 0.2) is 23.0 Å². The Hall–Kier alpha value is -3.69. The quantitative estimate of drug-likeness (QED) is 0.428. The molecule has 0 saturated carbocycles. The Kier molecular flexibility index (Phi) is 6.60. The maximum Gasteiger partial charge on any atom is 0.416 e. The van der Waals surface area contributed by atoms with Crippen molar-refractivity contribution < 1.29 is 31.1 Å². The molecule has 2 aromatic carbocycles. The van der Waals surface area contributed by atoms with Crippen molar-refractivity contribution >= 4 is 21.6 Å². The van der Waals surface area contributed by atoms with Gasteiger partial charge < -0.3 is 10.1 Å². The zero-order chi connectivity index (χ0) is 22.6. The van der Waals surface area contributed by atoms with Crippen molar-refractivity contribution in [3.8, 4) is 29.7 Å². The normalized spacial score (nSPS) is 10.4. The number of hydrogen-bond acceptors (Lipinski definition) is 5. The predicted octanol–water partition coefficient (Wildman–Crippen LogP) is 5.91. The van der Waals surface area contributed by atoms with Crippen molar-refractivity contribution in [2.45, 2.75) is 6.18 Å². The summed E-state index contributed by atoms with van der Waals surface area (Å²) in [5.41, 5.74) is -3.15. The molecule has 30 heavy (non-hydrogen) atoms. The van der Waals surface area contributed by atoms with Gasteiger partial charge >= 0.3 is 6.18 Å². The van der Waals surface area contributed by atoms with Gasteiger partial charge in [-0.25, -0.2) is 13.2 Å². The van der Waals surface area contributed by atoms with E-state index in [0.717, 1.165) is 6.07 Å². The Morgan fingerprint density at radius 2 is 1.47 bits per heavy atom. The van der Waals surface area contributed by atoms with Gasteiger partial charge in [-0.2, -0.15) is 29.0 Å². The van der Waals surface area contributed by atoms with E-state index in [1.165, 1.54) is 18.2 Å². The van der Waals surface area contributed by atoms with Crippen LogP contribution in [0.2, 0.25) is 0 Å². The van der Waals surface area contributed by atoms with Crippen LogP contribution < -0.4 is 10.1 Å². The summed E-state index contributed by atoms with van der Waals surface area (Å²) in [5.74, 6) is -6.15. The van der Waals surface area contributed by atoms with Gasteiger partial charge in [0, 0.05) is 6.07 Å². The van der Waals surface area contributed by atoms with E-state index in [1.807, 2.05) is 0 Å². The van der Waals surface area contributed by atoms with Gasteiger partial charge in [0.1, 0.15) is 35.5 Å². The number of anilines is 1. The SMILES string of the molecule is N#CC(C#N)=C(C#N)Nc1cc(Br)c(Oc2c(F)cc(C(F)(F)F)cc2F)cc1F. The Bertz CT molecular complexity index is 1130. The van der Waals surface area contributed by atoms with E-state index >= 15 is 0 Å². The van der Waals surface area contributed by atoms with Crippen LogP contribution in [0.3, 0.4) is 0 Å². The lowest BCUT2D eigenvalue weighted by Gasteiger charge is -2.14. The number of benzene rings is 2. The molecular weight excluding hydrogens is 482 g/mol. The Balaban J connectivity index is 2.43. The van der Waals surface area contributed by atoms with Crippen LogP contribution in [-0.2, 0) is 6.18 Å². The standard InChI is InChI=1S/C18H5BrF6N4O/c19-10-3-14(29-15(7-28)8(5-26)6-27)11(20)4-16(10)30-17-12(21)1-9(2-13(17)22)18(23,24)25/h1-4,29H. The molecule has 2 aromatic rings. The molecule has 2 rings (SSSR count). The van der Waals surface area contributed by atoms with Gasteiger partial charge in [-0.1, -0.05) is 0 Å². The summed E-state index contributed by atoms with van der Waals surface area (Å²) in [6, 6.07) is 6.02. The molecule has 152 valence electrons. The highest BCUT2D eigenvalue weighted by Gasteiger charge is 2.33. The lowest BCUT2D eigenvalue weighted by atomic mass is 10.2. The molecule has 0 amide bonds. The number of hydrogen-bond donors (Lipinski definition) is 1. The number of alkyl halides is 3. The van der Waals surface area contributed by atoms with Crippen LogP contribution in [0.25, 0.3) is 0 Å². The van der Waals surface area contributed by atoms with Crippen molar-refractivity contribution in [2.75, 3.05) is 5.32 Å². The molecule has 0 atom stereocenters. The first kappa shape index (κ1) is 22.6. The van der Waals surface area contributed by atoms with Crippen molar-refractivity contribution in [1.82, 2.24) is 0 Å². The van der Waals surface area contributed by atoms with Crippen molar-refractivity contribution in [3.05, 3.63) is 63.0 Å². The first-order valence-corrected chi connectivity index (χ1v) is 8.25. The minimum absolute atomic E-state index is 0.0217. The van der Waals surface area contributed by atoms with E-state index in [2.05, 4.69) is 21.2 Å². The first-order valence-electron chi connectivity index (χ1n) is 7.46. The second kappa shape index (κ2) is 8.76. The minimum atomic E-state index is -4.99. The summed E-state index contributed by atoms with van der Waals surface area (Å²) in [7, 11) is 0. The average molecular weight is 487 g/mol. The van der Waals surface area contributed by atoms with Gasteiger partial charge in [-0.15, -0.1) is 0 Å². The van der Waals surface area contributed by atoms with E-state index in [4.69, 9.17) is 20.5 Å². The highest BCUT2D eigenvalue weighted by Crippen LogP contribution is 2.39. The molecule has 0 fully saturated rings. The first-order chi connectivity index (χ1) is 14.0. The van der Waals surface area contributed by atoms with Gasteiger partial charge in [-0.3, -0.25) is 0 Å². The molecule has 0 aliphatic carbocycles. The molecule has 0 unspecified atom stereocenters. The number of halogens is 7. The Morgan fingerprint density at radius 3 is 1.93 bits per heavy atom. The van der Waals surface area contributed by atoms with Gasteiger partial charge in [0.05, 0.1) is 15.7 Å². The second-order valence-electron chi connectivity index (χ2n) is 5.34. The van der Waals surface area contributed by atoms with Crippen molar-refractivity contribution in [3.63, 3.8) is 0 Å². The molecule has 12 heteroatoms. The molecule has 0 aromatic heterocycles. The van der Waals surface area contributed by atoms with Crippen LogP contribution in [-0.4, -0.2) is 0 Å². The number of nitrogens with one attached hydrogen (secondary N) is 1. The fraction of sp³-hybridized carbons (Fsp3) is 0.0556. The van der Waals surface area contributed by atoms with Crippen molar-refractivity contribution in [2.24, 2.45) is 0 Å². The third kappa shape index (κ3) is 4.83. The number of allylic oxidation sites excluding steroid dienone is 2. The molecule has 0 bridgehead atoms. The monoisotopic (exact) mass is 486 g/mol. The van der Waals surface area contributed by atoms with Crippen LogP contribution in [0.5, 0.6) is 11.5 Å². The molecule has 1 N–H and O–H groups in total. The summed E-state index contributed by atoms with van der Waals surface area (Å²) in [6.45, 7) is 0. The van der Waals surface area contributed by atoms with Crippen LogP contribution >= 0.6 is 15.9 Å². The Morgan fingerprint density at radius 1 is 0.900 bits per heavy atom. The van der Waals surface area contributed by atoms with E-state index in [1.54, 1.807) is 0 Å². The minimum Gasteiger partial charge on any atom is -0.450 e. The molecule has 0 aliphatic heterocycles. The summed E-state index contributed by atoms with van der Waals surface area (Å²) >= 11 is 2.93. The average Bonchev–Trinajstić information content (AvgIpc) is 2.66.